The van der Waals surface area contributed by atoms with Crippen LogP contribution in [0.4, 0.5) is 17.6 Å². The molecule has 2 aliphatic rings. The molecule has 0 atom stereocenters. The number of nitrogens with zero attached hydrogens (tertiary/aromatic N) is 1. The van der Waals surface area contributed by atoms with Gasteiger partial charge in [0.25, 0.3) is 5.91 Å². The van der Waals surface area contributed by atoms with Crippen LogP contribution in [0.5, 0.6) is 0 Å². The maximum Gasteiger partial charge on any atom is 0.419 e. The van der Waals surface area contributed by atoms with Crippen molar-refractivity contribution >= 4 is 17.8 Å². The summed E-state index contributed by atoms with van der Waals surface area (Å²) in [5, 5.41) is 0. The molecule has 5 nitrogen and oxygen atoms in total. The Hall–Kier alpha value is -2.45. The van der Waals surface area contributed by atoms with Gasteiger partial charge in [0.1, 0.15) is 12.4 Å². The molecule has 1 aliphatic carbocycles. The summed E-state index contributed by atoms with van der Waals surface area (Å²) in [6.45, 7) is -0.669. The normalized spacial score (nSPS) is 18.6. The van der Waals surface area contributed by atoms with E-state index in [-0.39, 0.29) is 18.4 Å². The molecule has 3 rings (SSSR count). The van der Waals surface area contributed by atoms with Crippen molar-refractivity contribution in [2.24, 2.45) is 0 Å². The summed E-state index contributed by atoms with van der Waals surface area (Å²) < 4.78 is 57.6. The third kappa shape index (κ3) is 2.18. The number of benzene rings is 1. The molecule has 2 amide bonds. The molecule has 128 valence electrons. The molecule has 1 saturated carbocycles. The first-order valence-corrected chi connectivity index (χ1v) is 6.97. The van der Waals surface area contributed by atoms with E-state index in [1.54, 1.807) is 0 Å². The molecule has 1 spiro atoms. The highest BCUT2D eigenvalue weighted by Crippen LogP contribution is 2.55. The molecule has 1 aliphatic heterocycles. The largest absolute Gasteiger partial charge is 0.468 e. The fraction of sp³-hybridized carbons (Fsp3) is 0.400. The maximum atomic E-state index is 14.5. The number of hydrogen-bond acceptors (Lipinski definition) is 4. The van der Waals surface area contributed by atoms with E-state index in [0.717, 1.165) is 13.2 Å². The van der Waals surface area contributed by atoms with Crippen LogP contribution in [-0.2, 0) is 25.9 Å². The molecule has 0 radical (unpaired) electrons. The van der Waals surface area contributed by atoms with Crippen LogP contribution in [0.2, 0.25) is 0 Å². The fourth-order valence-corrected chi connectivity index (χ4v) is 2.97. The first-order valence-electron chi connectivity index (χ1n) is 6.97. The third-order valence-corrected chi connectivity index (χ3v) is 4.32. The summed E-state index contributed by atoms with van der Waals surface area (Å²) in [7, 11) is 1.07. The molecule has 0 saturated heterocycles. The number of rotatable bonds is 2. The Morgan fingerprint density at radius 2 is 1.92 bits per heavy atom. The van der Waals surface area contributed by atoms with E-state index >= 15 is 0 Å². The van der Waals surface area contributed by atoms with E-state index in [9.17, 15) is 31.9 Å². The summed E-state index contributed by atoms with van der Waals surface area (Å²) in [6, 6.07) is 1.31. The lowest BCUT2D eigenvalue weighted by Crippen LogP contribution is -2.51. The van der Waals surface area contributed by atoms with Crippen LogP contribution in [0.1, 0.15) is 34.3 Å². The van der Waals surface area contributed by atoms with Crippen molar-refractivity contribution in [1.29, 1.82) is 0 Å². The molecule has 1 aromatic rings. The standard InChI is InChI=1S/C15H11F4NO4/c1-24-9(21)6-20-12(22)7-2-3-8(15(17,18)19)11(16)10(7)14(4-5-14)13(20)23/h2-3H,4-6H2,1H3. The van der Waals surface area contributed by atoms with E-state index in [2.05, 4.69) is 4.74 Å². The molecule has 1 heterocycles. The van der Waals surface area contributed by atoms with Crippen molar-refractivity contribution in [3.63, 3.8) is 0 Å². The highest BCUT2D eigenvalue weighted by atomic mass is 19.4. The van der Waals surface area contributed by atoms with Gasteiger partial charge in [-0.2, -0.15) is 13.2 Å². The van der Waals surface area contributed by atoms with Crippen LogP contribution in [0.3, 0.4) is 0 Å². The fourth-order valence-electron chi connectivity index (χ4n) is 2.97. The molecule has 0 bridgehead atoms. The number of halogens is 4. The summed E-state index contributed by atoms with van der Waals surface area (Å²) in [5.41, 5.74) is -3.88. The minimum Gasteiger partial charge on any atom is -0.468 e. The monoisotopic (exact) mass is 345 g/mol. The Balaban J connectivity index is 2.16. The Morgan fingerprint density at radius 1 is 1.29 bits per heavy atom. The van der Waals surface area contributed by atoms with Gasteiger partial charge in [-0.3, -0.25) is 19.3 Å². The lowest BCUT2D eigenvalue weighted by atomic mass is 9.83. The minimum atomic E-state index is -4.94. The van der Waals surface area contributed by atoms with Gasteiger partial charge in [0.2, 0.25) is 5.91 Å². The van der Waals surface area contributed by atoms with Crippen LogP contribution in [0.25, 0.3) is 0 Å². The number of esters is 1. The lowest BCUT2D eigenvalue weighted by molar-refractivity contribution is -0.146. The molecule has 1 fully saturated rings. The first-order chi connectivity index (χ1) is 11.1. The van der Waals surface area contributed by atoms with Crippen molar-refractivity contribution in [1.82, 2.24) is 4.90 Å². The molecule has 0 aromatic heterocycles. The van der Waals surface area contributed by atoms with Gasteiger partial charge >= 0.3 is 12.1 Å². The number of hydrogen-bond donors (Lipinski definition) is 0. The van der Waals surface area contributed by atoms with Gasteiger partial charge in [0, 0.05) is 11.1 Å². The zero-order valence-corrected chi connectivity index (χ0v) is 12.4. The van der Waals surface area contributed by atoms with Gasteiger partial charge in [-0.15, -0.1) is 0 Å². The Bertz CT molecular complexity index is 767. The summed E-state index contributed by atoms with van der Waals surface area (Å²) in [5.74, 6) is -4.34. The van der Waals surface area contributed by atoms with E-state index in [0.29, 0.717) is 11.0 Å². The van der Waals surface area contributed by atoms with Gasteiger partial charge in [0.05, 0.1) is 18.1 Å². The van der Waals surface area contributed by atoms with Gasteiger partial charge in [-0.05, 0) is 25.0 Å². The molecular formula is C15H11F4NO4. The minimum absolute atomic E-state index is 0.113. The van der Waals surface area contributed by atoms with E-state index in [4.69, 9.17) is 0 Å². The van der Waals surface area contributed by atoms with Crippen molar-refractivity contribution in [2.45, 2.75) is 24.4 Å². The number of fused-ring (bicyclic) bond motifs is 2. The van der Waals surface area contributed by atoms with Crippen LogP contribution in [-0.4, -0.2) is 36.3 Å². The highest BCUT2D eigenvalue weighted by Gasteiger charge is 2.61. The van der Waals surface area contributed by atoms with Crippen molar-refractivity contribution in [3.05, 3.63) is 34.6 Å². The molecule has 24 heavy (non-hydrogen) atoms. The molecular weight excluding hydrogens is 334 g/mol. The lowest BCUT2D eigenvalue weighted by Gasteiger charge is -2.32. The third-order valence-electron chi connectivity index (χ3n) is 4.32. The summed E-state index contributed by atoms with van der Waals surface area (Å²) >= 11 is 0. The number of carbonyl (C=O) groups is 3. The van der Waals surface area contributed by atoms with Crippen LogP contribution < -0.4 is 0 Å². The Labute approximate surface area is 133 Å². The number of alkyl halides is 3. The number of amides is 2. The first kappa shape index (κ1) is 16.4. The van der Waals surface area contributed by atoms with Gasteiger partial charge in [-0.25, -0.2) is 4.39 Å². The van der Waals surface area contributed by atoms with Gasteiger partial charge in [0.15, 0.2) is 0 Å². The van der Waals surface area contributed by atoms with Crippen LogP contribution in [0.15, 0.2) is 12.1 Å². The molecule has 1 aromatic carbocycles. The van der Waals surface area contributed by atoms with E-state index < -0.39 is 52.9 Å². The second kappa shape index (κ2) is 5.02. The summed E-state index contributed by atoms with van der Waals surface area (Å²) in [4.78, 5) is 36.8. The smallest absolute Gasteiger partial charge is 0.419 e. The zero-order valence-electron chi connectivity index (χ0n) is 12.4. The Morgan fingerprint density at radius 3 is 2.42 bits per heavy atom. The van der Waals surface area contributed by atoms with Crippen molar-refractivity contribution in [3.8, 4) is 0 Å². The SMILES string of the molecule is COC(=O)CN1C(=O)c2ccc(C(F)(F)F)c(F)c2C2(CC2)C1=O. The van der Waals surface area contributed by atoms with Gasteiger partial charge in [-0.1, -0.05) is 0 Å². The number of imide groups is 1. The van der Waals surface area contributed by atoms with Gasteiger partial charge < -0.3 is 4.74 Å². The number of methoxy groups -OCH3 is 1. The van der Waals surface area contributed by atoms with Crippen molar-refractivity contribution < 1.29 is 36.7 Å². The summed E-state index contributed by atoms with van der Waals surface area (Å²) in [6.07, 6.45) is -4.71. The second-order valence-electron chi connectivity index (χ2n) is 5.70. The topological polar surface area (TPSA) is 63.7 Å². The van der Waals surface area contributed by atoms with E-state index in [1.807, 2.05) is 0 Å². The zero-order chi connectivity index (χ0) is 17.9. The number of ether oxygens (including phenoxy) is 1. The molecule has 0 unspecified atom stereocenters. The highest BCUT2D eigenvalue weighted by molar-refractivity contribution is 6.15. The van der Waals surface area contributed by atoms with Crippen LogP contribution in [0, 0.1) is 5.82 Å². The van der Waals surface area contributed by atoms with Crippen LogP contribution >= 0.6 is 0 Å². The Kier molecular flexibility index (Phi) is 3.43. The maximum absolute atomic E-state index is 14.5. The van der Waals surface area contributed by atoms with E-state index in [1.165, 1.54) is 0 Å². The van der Waals surface area contributed by atoms with Crippen molar-refractivity contribution in [2.75, 3.05) is 13.7 Å². The predicted molar refractivity (Wildman–Crippen MR) is 70.4 cm³/mol. The quantitative estimate of drug-likeness (QED) is 0.467. The molecule has 9 heteroatoms. The molecule has 0 N–H and O–H groups in total. The number of carbonyl (C=O) groups excluding carboxylic acids is 3. The second-order valence-corrected chi connectivity index (χ2v) is 5.70. The average Bonchev–Trinajstić information content (AvgIpc) is 3.29. The predicted octanol–water partition coefficient (Wildman–Crippen LogP) is 2.03. The average molecular weight is 345 g/mol.